The van der Waals surface area contributed by atoms with Gasteiger partial charge in [0.05, 0.1) is 6.04 Å². The van der Waals surface area contributed by atoms with Gasteiger partial charge in [0.2, 0.25) is 0 Å². The third-order valence-electron chi connectivity index (χ3n) is 4.12. The van der Waals surface area contributed by atoms with Crippen LogP contribution in [0.5, 0.6) is 0 Å². The van der Waals surface area contributed by atoms with Crippen LogP contribution in [0.2, 0.25) is 0 Å². The van der Waals surface area contributed by atoms with Gasteiger partial charge >= 0.3 is 0 Å². The van der Waals surface area contributed by atoms with Crippen molar-refractivity contribution in [3.8, 4) is 0 Å². The van der Waals surface area contributed by atoms with Gasteiger partial charge in [0.1, 0.15) is 0 Å². The highest BCUT2D eigenvalue weighted by Crippen LogP contribution is 2.29. The maximum absolute atomic E-state index is 4.77. The Morgan fingerprint density at radius 3 is 2.50 bits per heavy atom. The standard InChI is InChI=1S/C18H17N2/c1-2-5-14-11-17-15(10-13(14)4-1)6-3-7-16(17)18-12-19-8-9-20-18/h1-7,10-11,18-19H,8-9,12H2. The van der Waals surface area contributed by atoms with Crippen molar-refractivity contribution in [1.82, 2.24) is 10.6 Å². The van der Waals surface area contributed by atoms with Crippen molar-refractivity contribution in [2.45, 2.75) is 6.04 Å². The molecule has 20 heavy (non-hydrogen) atoms. The molecule has 1 radical (unpaired) electrons. The summed E-state index contributed by atoms with van der Waals surface area (Å²) >= 11 is 0. The predicted molar refractivity (Wildman–Crippen MR) is 84.1 cm³/mol. The maximum Gasteiger partial charge on any atom is 0.0626 e. The molecular formula is C18H17N2. The van der Waals surface area contributed by atoms with Crippen molar-refractivity contribution in [3.05, 3.63) is 60.2 Å². The van der Waals surface area contributed by atoms with Gasteiger partial charge in [0.25, 0.3) is 0 Å². The minimum atomic E-state index is 0.286. The fourth-order valence-electron chi connectivity index (χ4n) is 3.09. The summed E-state index contributed by atoms with van der Waals surface area (Å²) in [5.74, 6) is 0. The molecular weight excluding hydrogens is 244 g/mol. The molecule has 0 spiro atoms. The lowest BCUT2D eigenvalue weighted by Gasteiger charge is -2.24. The summed E-state index contributed by atoms with van der Waals surface area (Å²) in [6.45, 7) is 2.87. The summed E-state index contributed by atoms with van der Waals surface area (Å²) in [7, 11) is 0. The lowest BCUT2D eigenvalue weighted by atomic mass is 9.95. The van der Waals surface area contributed by atoms with Crippen molar-refractivity contribution in [2.75, 3.05) is 19.6 Å². The van der Waals surface area contributed by atoms with E-state index in [1.807, 2.05) is 0 Å². The van der Waals surface area contributed by atoms with E-state index in [0.717, 1.165) is 19.6 Å². The molecule has 1 atom stereocenters. The van der Waals surface area contributed by atoms with Crippen LogP contribution in [0.25, 0.3) is 21.5 Å². The molecule has 1 saturated heterocycles. The molecule has 1 heterocycles. The Kier molecular flexibility index (Phi) is 2.91. The molecule has 0 aromatic heterocycles. The third kappa shape index (κ3) is 1.98. The summed E-state index contributed by atoms with van der Waals surface area (Å²) in [5.41, 5.74) is 1.35. The zero-order chi connectivity index (χ0) is 13.4. The minimum absolute atomic E-state index is 0.286. The van der Waals surface area contributed by atoms with Crippen molar-refractivity contribution < 1.29 is 0 Å². The van der Waals surface area contributed by atoms with Crippen LogP contribution in [0.15, 0.2) is 54.6 Å². The van der Waals surface area contributed by atoms with Crippen LogP contribution in [-0.2, 0) is 0 Å². The first-order valence-corrected chi connectivity index (χ1v) is 7.20. The Morgan fingerprint density at radius 2 is 1.70 bits per heavy atom. The third-order valence-corrected chi connectivity index (χ3v) is 4.12. The van der Waals surface area contributed by atoms with Crippen LogP contribution in [0.3, 0.4) is 0 Å². The summed E-state index contributed by atoms with van der Waals surface area (Å²) < 4.78 is 0. The molecule has 1 N–H and O–H groups in total. The SMILES string of the molecule is c1ccc2cc3c(C4CNCC[N]4)cccc3cc2c1. The van der Waals surface area contributed by atoms with Gasteiger partial charge < -0.3 is 5.32 Å². The molecule has 0 bridgehead atoms. The van der Waals surface area contributed by atoms with Gasteiger partial charge in [0, 0.05) is 19.6 Å². The van der Waals surface area contributed by atoms with E-state index in [9.17, 15) is 0 Å². The monoisotopic (exact) mass is 261 g/mol. The molecule has 2 heteroatoms. The number of nitrogens with one attached hydrogen (secondary N) is 1. The van der Waals surface area contributed by atoms with Gasteiger partial charge in [-0.25, -0.2) is 5.32 Å². The molecule has 0 saturated carbocycles. The lowest BCUT2D eigenvalue weighted by molar-refractivity contribution is 0.423. The second-order valence-electron chi connectivity index (χ2n) is 5.39. The van der Waals surface area contributed by atoms with E-state index in [0.29, 0.717) is 0 Å². The largest absolute Gasteiger partial charge is 0.313 e. The van der Waals surface area contributed by atoms with Crippen LogP contribution in [0.4, 0.5) is 0 Å². The molecule has 1 aliphatic heterocycles. The number of hydrogen-bond acceptors (Lipinski definition) is 1. The first-order valence-electron chi connectivity index (χ1n) is 7.20. The first kappa shape index (κ1) is 11.9. The van der Waals surface area contributed by atoms with Gasteiger partial charge in [-0.2, -0.15) is 0 Å². The van der Waals surface area contributed by atoms with Gasteiger partial charge in [-0.3, -0.25) is 0 Å². The Hall–Kier alpha value is -1.90. The molecule has 2 nitrogen and oxygen atoms in total. The van der Waals surface area contributed by atoms with Gasteiger partial charge in [-0.05, 0) is 39.2 Å². The molecule has 1 unspecified atom stereocenters. The van der Waals surface area contributed by atoms with Crippen molar-refractivity contribution >= 4 is 21.5 Å². The highest BCUT2D eigenvalue weighted by molar-refractivity contribution is 5.99. The highest BCUT2D eigenvalue weighted by atomic mass is 15.1. The van der Waals surface area contributed by atoms with Crippen molar-refractivity contribution in [2.24, 2.45) is 0 Å². The van der Waals surface area contributed by atoms with E-state index in [4.69, 9.17) is 5.32 Å². The fraction of sp³-hybridized carbons (Fsp3) is 0.222. The van der Waals surface area contributed by atoms with Crippen molar-refractivity contribution in [1.29, 1.82) is 0 Å². The Morgan fingerprint density at radius 1 is 0.900 bits per heavy atom. The van der Waals surface area contributed by atoms with Crippen LogP contribution >= 0.6 is 0 Å². The number of hydrogen-bond donors (Lipinski definition) is 1. The molecule has 1 fully saturated rings. The molecule has 99 valence electrons. The van der Waals surface area contributed by atoms with Gasteiger partial charge in [-0.15, -0.1) is 0 Å². The molecule has 0 aliphatic carbocycles. The number of piperazine rings is 1. The van der Waals surface area contributed by atoms with E-state index in [-0.39, 0.29) is 6.04 Å². The maximum atomic E-state index is 4.77. The summed E-state index contributed by atoms with van der Waals surface area (Å²) in [5, 5.41) is 13.5. The van der Waals surface area contributed by atoms with Crippen molar-refractivity contribution in [3.63, 3.8) is 0 Å². The molecule has 0 amide bonds. The lowest BCUT2D eigenvalue weighted by Crippen LogP contribution is -2.38. The van der Waals surface area contributed by atoms with Crippen LogP contribution in [-0.4, -0.2) is 19.6 Å². The van der Waals surface area contributed by atoms with E-state index in [1.165, 1.54) is 27.1 Å². The average molecular weight is 261 g/mol. The first-order chi connectivity index (χ1) is 9.92. The Labute approximate surface area is 118 Å². The van der Waals surface area contributed by atoms with Crippen LogP contribution in [0, 0.1) is 0 Å². The average Bonchev–Trinajstić information content (AvgIpc) is 2.53. The quantitative estimate of drug-likeness (QED) is 0.669. The van der Waals surface area contributed by atoms with E-state index in [2.05, 4.69) is 59.9 Å². The highest BCUT2D eigenvalue weighted by Gasteiger charge is 2.17. The Balaban J connectivity index is 1.94. The summed E-state index contributed by atoms with van der Waals surface area (Å²) in [4.78, 5) is 0. The fourth-order valence-corrected chi connectivity index (χ4v) is 3.09. The van der Waals surface area contributed by atoms with Gasteiger partial charge in [0.15, 0.2) is 0 Å². The van der Waals surface area contributed by atoms with E-state index >= 15 is 0 Å². The van der Waals surface area contributed by atoms with Crippen LogP contribution in [0.1, 0.15) is 11.6 Å². The second kappa shape index (κ2) is 4.89. The second-order valence-corrected chi connectivity index (χ2v) is 5.39. The number of fused-ring (bicyclic) bond motifs is 2. The molecule has 1 aliphatic rings. The van der Waals surface area contributed by atoms with Gasteiger partial charge in [-0.1, -0.05) is 42.5 Å². The molecule has 4 rings (SSSR count). The molecule has 3 aromatic rings. The Bertz CT molecular complexity index is 758. The van der Waals surface area contributed by atoms with Crippen LogP contribution < -0.4 is 10.6 Å². The summed E-state index contributed by atoms with van der Waals surface area (Å²) in [6.07, 6.45) is 0. The number of nitrogens with zero attached hydrogens (tertiary/aromatic N) is 1. The minimum Gasteiger partial charge on any atom is -0.313 e. The molecule has 3 aromatic carbocycles. The predicted octanol–water partition coefficient (Wildman–Crippen LogP) is 3.24. The topological polar surface area (TPSA) is 26.1 Å². The summed E-state index contributed by atoms with van der Waals surface area (Å²) in [6, 6.07) is 20.0. The zero-order valence-corrected chi connectivity index (χ0v) is 11.3. The van der Waals surface area contributed by atoms with E-state index in [1.54, 1.807) is 0 Å². The zero-order valence-electron chi connectivity index (χ0n) is 11.3. The number of rotatable bonds is 1. The normalized spacial score (nSPS) is 19.5. The van der Waals surface area contributed by atoms with E-state index < -0.39 is 0 Å². The smallest absolute Gasteiger partial charge is 0.0626 e. The number of benzene rings is 3.